The highest BCUT2D eigenvalue weighted by molar-refractivity contribution is 7.99. The van der Waals surface area contributed by atoms with Crippen LogP contribution in [0.25, 0.3) is 0 Å². The van der Waals surface area contributed by atoms with Crippen molar-refractivity contribution in [2.75, 3.05) is 11.5 Å². The standard InChI is InChI=1S/C12H24N2OS2/c1-5-12(4,10(13)16)11(15)14-9(3)7-8-17-6-2/h9H,5-8H2,1-4H3,(H2,13,16)(H,14,15). The van der Waals surface area contributed by atoms with Gasteiger partial charge in [0.15, 0.2) is 0 Å². The van der Waals surface area contributed by atoms with Gasteiger partial charge in [-0.2, -0.15) is 11.8 Å². The molecule has 0 radical (unpaired) electrons. The van der Waals surface area contributed by atoms with Crippen LogP contribution in [-0.4, -0.2) is 28.4 Å². The van der Waals surface area contributed by atoms with Gasteiger partial charge in [-0.25, -0.2) is 0 Å². The van der Waals surface area contributed by atoms with E-state index in [1.54, 1.807) is 6.92 Å². The first-order valence-electron chi connectivity index (χ1n) is 6.07. The molecule has 17 heavy (non-hydrogen) atoms. The van der Waals surface area contributed by atoms with Crippen molar-refractivity contribution in [3.8, 4) is 0 Å². The first-order valence-corrected chi connectivity index (χ1v) is 7.63. The molecule has 0 saturated heterocycles. The Kier molecular flexibility index (Phi) is 7.79. The smallest absolute Gasteiger partial charge is 0.232 e. The van der Waals surface area contributed by atoms with E-state index in [0.717, 1.165) is 17.9 Å². The molecule has 0 bridgehead atoms. The number of thiocarbonyl (C=S) groups is 1. The zero-order valence-electron chi connectivity index (χ0n) is 11.2. The van der Waals surface area contributed by atoms with E-state index in [4.69, 9.17) is 18.0 Å². The summed E-state index contributed by atoms with van der Waals surface area (Å²) in [6.07, 6.45) is 1.60. The van der Waals surface area contributed by atoms with Crippen molar-refractivity contribution < 1.29 is 4.79 Å². The van der Waals surface area contributed by atoms with Gasteiger partial charge in [-0.15, -0.1) is 0 Å². The molecule has 0 fully saturated rings. The Morgan fingerprint density at radius 3 is 2.53 bits per heavy atom. The number of amides is 1. The molecule has 0 aliphatic rings. The lowest BCUT2D eigenvalue weighted by Crippen LogP contribution is -2.49. The van der Waals surface area contributed by atoms with Crippen LogP contribution in [-0.2, 0) is 4.79 Å². The summed E-state index contributed by atoms with van der Waals surface area (Å²) in [5.74, 6) is 2.12. The third kappa shape index (κ3) is 5.25. The minimum absolute atomic E-state index is 0.0542. The average molecular weight is 276 g/mol. The number of carbonyl (C=O) groups excluding carboxylic acids is 1. The van der Waals surface area contributed by atoms with Gasteiger partial charge in [0.1, 0.15) is 0 Å². The van der Waals surface area contributed by atoms with Crippen molar-refractivity contribution in [3.63, 3.8) is 0 Å². The highest BCUT2D eigenvalue weighted by atomic mass is 32.2. The summed E-state index contributed by atoms with van der Waals surface area (Å²) in [6, 6.07) is 0.168. The van der Waals surface area contributed by atoms with E-state index in [-0.39, 0.29) is 16.9 Å². The number of hydrogen-bond donors (Lipinski definition) is 2. The van der Waals surface area contributed by atoms with E-state index in [1.807, 2.05) is 25.6 Å². The molecule has 0 aliphatic heterocycles. The second-order valence-corrected chi connectivity index (χ2v) is 6.24. The Morgan fingerprint density at radius 1 is 1.53 bits per heavy atom. The van der Waals surface area contributed by atoms with Crippen LogP contribution in [0.4, 0.5) is 0 Å². The Hall–Kier alpha value is -0.290. The third-order valence-corrected chi connectivity index (χ3v) is 4.41. The highest BCUT2D eigenvalue weighted by Gasteiger charge is 2.34. The Morgan fingerprint density at radius 2 is 2.12 bits per heavy atom. The van der Waals surface area contributed by atoms with Crippen molar-refractivity contribution in [1.29, 1.82) is 0 Å². The maximum atomic E-state index is 12.1. The van der Waals surface area contributed by atoms with Crippen LogP contribution in [0.1, 0.15) is 40.5 Å². The quantitative estimate of drug-likeness (QED) is 0.528. The molecule has 3 nitrogen and oxygen atoms in total. The molecule has 100 valence electrons. The van der Waals surface area contributed by atoms with Crippen molar-refractivity contribution in [1.82, 2.24) is 5.32 Å². The molecule has 0 aromatic heterocycles. The summed E-state index contributed by atoms with van der Waals surface area (Å²) in [5, 5.41) is 2.99. The fourth-order valence-electron chi connectivity index (χ4n) is 1.31. The SMILES string of the molecule is CCSCCC(C)NC(=O)C(C)(CC)C(N)=S. The molecule has 2 atom stereocenters. The molecule has 0 rings (SSSR count). The summed E-state index contributed by atoms with van der Waals surface area (Å²) in [4.78, 5) is 12.4. The van der Waals surface area contributed by atoms with Gasteiger partial charge in [0.05, 0.1) is 10.4 Å². The van der Waals surface area contributed by atoms with Crippen molar-refractivity contribution in [2.45, 2.75) is 46.6 Å². The van der Waals surface area contributed by atoms with Crippen LogP contribution < -0.4 is 11.1 Å². The number of carbonyl (C=O) groups is 1. The number of thioether (sulfide) groups is 1. The van der Waals surface area contributed by atoms with Gasteiger partial charge in [-0.3, -0.25) is 4.79 Å². The van der Waals surface area contributed by atoms with Crippen molar-refractivity contribution >= 4 is 34.9 Å². The number of hydrogen-bond acceptors (Lipinski definition) is 3. The molecule has 5 heteroatoms. The van der Waals surface area contributed by atoms with Gasteiger partial charge < -0.3 is 11.1 Å². The molecular formula is C12H24N2OS2. The minimum Gasteiger partial charge on any atom is -0.392 e. The average Bonchev–Trinajstić information content (AvgIpc) is 2.27. The molecule has 2 unspecified atom stereocenters. The summed E-state index contributed by atoms with van der Waals surface area (Å²) >= 11 is 6.86. The summed E-state index contributed by atoms with van der Waals surface area (Å²) in [6.45, 7) is 7.88. The van der Waals surface area contributed by atoms with Crippen LogP contribution in [0.3, 0.4) is 0 Å². The predicted molar refractivity (Wildman–Crippen MR) is 80.4 cm³/mol. The largest absolute Gasteiger partial charge is 0.392 e. The van der Waals surface area contributed by atoms with Crippen LogP contribution >= 0.6 is 24.0 Å². The molecule has 0 aliphatic carbocycles. The Balaban J connectivity index is 4.27. The van der Waals surface area contributed by atoms with Gasteiger partial charge in [0.25, 0.3) is 0 Å². The van der Waals surface area contributed by atoms with Crippen molar-refractivity contribution in [2.24, 2.45) is 11.1 Å². The van der Waals surface area contributed by atoms with E-state index in [2.05, 4.69) is 12.2 Å². The maximum absolute atomic E-state index is 12.1. The molecule has 3 N–H and O–H groups in total. The van der Waals surface area contributed by atoms with Gasteiger partial charge in [0, 0.05) is 6.04 Å². The van der Waals surface area contributed by atoms with Crippen LogP contribution in [0, 0.1) is 5.41 Å². The lowest BCUT2D eigenvalue weighted by molar-refractivity contribution is -0.127. The number of nitrogens with two attached hydrogens (primary N) is 1. The number of rotatable bonds is 8. The molecular weight excluding hydrogens is 252 g/mol. The first kappa shape index (κ1) is 16.7. The Bertz CT molecular complexity index is 271. The van der Waals surface area contributed by atoms with Gasteiger partial charge in [0.2, 0.25) is 5.91 Å². The molecule has 0 aromatic carbocycles. The lowest BCUT2D eigenvalue weighted by atomic mass is 9.86. The topological polar surface area (TPSA) is 55.1 Å². The van der Waals surface area contributed by atoms with Crippen LogP contribution in [0.15, 0.2) is 0 Å². The predicted octanol–water partition coefficient (Wildman–Crippen LogP) is 2.34. The van der Waals surface area contributed by atoms with Gasteiger partial charge in [-0.1, -0.05) is 26.1 Å². The van der Waals surface area contributed by atoms with E-state index >= 15 is 0 Å². The summed E-state index contributed by atoms with van der Waals surface area (Å²) < 4.78 is 0. The van der Waals surface area contributed by atoms with Gasteiger partial charge in [-0.05, 0) is 38.2 Å². The summed E-state index contributed by atoms with van der Waals surface area (Å²) in [5.41, 5.74) is 4.93. The minimum atomic E-state index is -0.721. The first-order chi connectivity index (χ1) is 7.88. The van der Waals surface area contributed by atoms with Crippen molar-refractivity contribution in [3.05, 3.63) is 0 Å². The third-order valence-electron chi connectivity index (χ3n) is 3.03. The van der Waals surface area contributed by atoms with Crippen LogP contribution in [0.2, 0.25) is 0 Å². The van der Waals surface area contributed by atoms with Gasteiger partial charge >= 0.3 is 0 Å². The van der Waals surface area contributed by atoms with E-state index in [1.165, 1.54) is 0 Å². The van der Waals surface area contributed by atoms with Crippen LogP contribution in [0.5, 0.6) is 0 Å². The fourth-order valence-corrected chi connectivity index (χ4v) is 2.35. The fraction of sp³-hybridized carbons (Fsp3) is 0.833. The molecule has 0 aromatic rings. The molecule has 1 amide bonds. The van der Waals surface area contributed by atoms with E-state index < -0.39 is 5.41 Å². The monoisotopic (exact) mass is 276 g/mol. The second kappa shape index (κ2) is 7.93. The summed E-state index contributed by atoms with van der Waals surface area (Å²) in [7, 11) is 0. The highest BCUT2D eigenvalue weighted by Crippen LogP contribution is 2.22. The molecule has 0 spiro atoms. The normalized spacial score (nSPS) is 16.0. The zero-order valence-corrected chi connectivity index (χ0v) is 12.8. The van der Waals surface area contributed by atoms with E-state index in [0.29, 0.717) is 6.42 Å². The lowest BCUT2D eigenvalue weighted by Gasteiger charge is -2.27. The molecule has 0 saturated carbocycles. The second-order valence-electron chi connectivity index (χ2n) is 4.41. The zero-order chi connectivity index (χ0) is 13.5. The number of nitrogens with one attached hydrogen (secondary N) is 1. The molecule has 0 heterocycles. The maximum Gasteiger partial charge on any atom is 0.232 e. The Labute approximate surface area is 114 Å². The van der Waals surface area contributed by atoms with E-state index in [9.17, 15) is 4.79 Å².